The smallest absolute Gasteiger partial charge is 0.132 e. The van der Waals surface area contributed by atoms with E-state index in [9.17, 15) is 0 Å². The Hall–Kier alpha value is -1.59. The third kappa shape index (κ3) is 2.47. The highest BCUT2D eigenvalue weighted by Gasteiger charge is 2.15. The molecule has 0 aliphatic heterocycles. The van der Waals surface area contributed by atoms with Crippen LogP contribution in [0.2, 0.25) is 0 Å². The fourth-order valence-corrected chi connectivity index (χ4v) is 2.62. The summed E-state index contributed by atoms with van der Waals surface area (Å²) in [5.74, 6) is 1.47. The predicted octanol–water partition coefficient (Wildman–Crippen LogP) is 2.36. The minimum absolute atomic E-state index is 0.103. The van der Waals surface area contributed by atoms with Gasteiger partial charge in [0, 0.05) is 18.4 Å². The van der Waals surface area contributed by atoms with Crippen molar-refractivity contribution in [1.29, 1.82) is 0 Å². The van der Waals surface area contributed by atoms with E-state index in [1.165, 1.54) is 11.3 Å². The van der Waals surface area contributed by atoms with E-state index >= 15 is 0 Å². The molecule has 0 saturated heterocycles. The van der Waals surface area contributed by atoms with E-state index < -0.39 is 0 Å². The molecule has 0 amide bonds. The summed E-state index contributed by atoms with van der Waals surface area (Å²) in [4.78, 5) is 4.49. The van der Waals surface area contributed by atoms with Crippen LogP contribution in [0.5, 0.6) is 11.5 Å². The monoisotopic (exact) mass is 265 g/mol. The molecule has 0 atom stereocenters. The van der Waals surface area contributed by atoms with Crippen molar-refractivity contribution < 1.29 is 14.6 Å². The molecule has 0 radical (unpaired) electrons. The minimum Gasteiger partial charge on any atom is -0.496 e. The number of benzene rings is 1. The van der Waals surface area contributed by atoms with Crippen LogP contribution < -0.4 is 9.47 Å². The standard InChI is InChI=1S/C13H15NO3S/c1-16-10-4-3-5-11(17-2)12(10)13-14-9(6-7-15)8-18-13/h3-5,8,15H,6-7H2,1-2H3. The van der Waals surface area contributed by atoms with Crippen LogP contribution in [0.15, 0.2) is 23.6 Å². The van der Waals surface area contributed by atoms with Gasteiger partial charge in [-0.05, 0) is 12.1 Å². The van der Waals surface area contributed by atoms with Crippen molar-refractivity contribution in [3.05, 3.63) is 29.3 Å². The first-order valence-electron chi connectivity index (χ1n) is 5.56. The fourth-order valence-electron chi connectivity index (χ4n) is 1.71. The second kappa shape index (κ2) is 5.84. The first-order chi connectivity index (χ1) is 8.80. The van der Waals surface area contributed by atoms with Crippen molar-refractivity contribution in [2.24, 2.45) is 0 Å². The Morgan fingerprint density at radius 2 is 1.89 bits per heavy atom. The normalized spacial score (nSPS) is 10.4. The van der Waals surface area contributed by atoms with Crippen molar-refractivity contribution in [3.63, 3.8) is 0 Å². The predicted molar refractivity (Wildman–Crippen MR) is 71.4 cm³/mol. The van der Waals surface area contributed by atoms with Crippen molar-refractivity contribution >= 4 is 11.3 Å². The number of rotatable bonds is 5. The Kier molecular flexibility index (Phi) is 4.17. The zero-order valence-corrected chi connectivity index (χ0v) is 11.2. The number of ether oxygens (including phenoxy) is 2. The maximum Gasteiger partial charge on any atom is 0.132 e. The van der Waals surface area contributed by atoms with Gasteiger partial charge in [-0.15, -0.1) is 11.3 Å². The van der Waals surface area contributed by atoms with Crippen LogP contribution in [0.25, 0.3) is 10.6 Å². The second-order valence-corrected chi connectivity index (χ2v) is 4.51. The lowest BCUT2D eigenvalue weighted by atomic mass is 10.2. The molecule has 1 aromatic heterocycles. The first kappa shape index (κ1) is 12.9. The van der Waals surface area contributed by atoms with Gasteiger partial charge in [0.05, 0.1) is 25.5 Å². The molecule has 0 fully saturated rings. The molecule has 4 nitrogen and oxygen atoms in total. The minimum atomic E-state index is 0.103. The molecule has 2 rings (SSSR count). The van der Waals surface area contributed by atoms with Gasteiger partial charge >= 0.3 is 0 Å². The number of hydrogen-bond donors (Lipinski definition) is 1. The summed E-state index contributed by atoms with van der Waals surface area (Å²) in [5.41, 5.74) is 1.74. The molecular weight excluding hydrogens is 250 g/mol. The van der Waals surface area contributed by atoms with Crippen LogP contribution in [0.1, 0.15) is 5.69 Å². The zero-order valence-electron chi connectivity index (χ0n) is 10.3. The Labute approximate surface area is 110 Å². The Morgan fingerprint density at radius 1 is 1.22 bits per heavy atom. The lowest BCUT2D eigenvalue weighted by Crippen LogP contribution is -1.94. The number of aliphatic hydroxyl groups excluding tert-OH is 1. The lowest BCUT2D eigenvalue weighted by Gasteiger charge is -2.10. The molecule has 0 aliphatic rings. The summed E-state index contributed by atoms with van der Waals surface area (Å²) >= 11 is 1.52. The molecule has 96 valence electrons. The summed E-state index contributed by atoms with van der Waals surface area (Å²) in [5, 5.41) is 11.7. The van der Waals surface area contributed by atoms with Crippen molar-refractivity contribution in [3.8, 4) is 22.1 Å². The van der Waals surface area contributed by atoms with E-state index in [1.807, 2.05) is 23.6 Å². The topological polar surface area (TPSA) is 51.6 Å². The average Bonchev–Trinajstić information content (AvgIpc) is 2.86. The number of aliphatic hydroxyl groups is 1. The van der Waals surface area contributed by atoms with E-state index in [2.05, 4.69) is 4.98 Å². The highest BCUT2D eigenvalue weighted by molar-refractivity contribution is 7.13. The molecule has 2 aromatic rings. The first-order valence-corrected chi connectivity index (χ1v) is 6.44. The van der Waals surface area contributed by atoms with Crippen LogP contribution in [0.3, 0.4) is 0 Å². The van der Waals surface area contributed by atoms with Crippen molar-refractivity contribution in [2.45, 2.75) is 6.42 Å². The summed E-state index contributed by atoms with van der Waals surface area (Å²) in [6, 6.07) is 5.64. The third-order valence-electron chi connectivity index (χ3n) is 2.56. The van der Waals surface area contributed by atoms with Gasteiger partial charge in [0.15, 0.2) is 0 Å². The van der Waals surface area contributed by atoms with Crippen LogP contribution in [0, 0.1) is 0 Å². The van der Waals surface area contributed by atoms with Crippen molar-refractivity contribution in [1.82, 2.24) is 4.98 Å². The summed E-state index contributed by atoms with van der Waals surface area (Å²) in [6.45, 7) is 0.103. The lowest BCUT2D eigenvalue weighted by molar-refractivity contribution is 0.298. The molecule has 1 heterocycles. The van der Waals surface area contributed by atoms with Crippen LogP contribution in [-0.4, -0.2) is 30.9 Å². The Balaban J connectivity index is 2.47. The van der Waals surface area contributed by atoms with Gasteiger partial charge < -0.3 is 14.6 Å². The van der Waals surface area contributed by atoms with E-state index in [0.29, 0.717) is 6.42 Å². The van der Waals surface area contributed by atoms with Crippen LogP contribution in [-0.2, 0) is 6.42 Å². The highest BCUT2D eigenvalue weighted by Crippen LogP contribution is 2.39. The number of aromatic nitrogens is 1. The average molecular weight is 265 g/mol. The van der Waals surface area contributed by atoms with E-state index in [1.54, 1.807) is 14.2 Å². The van der Waals surface area contributed by atoms with Gasteiger partial charge in [-0.25, -0.2) is 4.98 Å². The zero-order chi connectivity index (χ0) is 13.0. The number of hydrogen-bond acceptors (Lipinski definition) is 5. The van der Waals surface area contributed by atoms with Crippen LogP contribution in [0.4, 0.5) is 0 Å². The van der Waals surface area contributed by atoms with E-state index in [4.69, 9.17) is 14.6 Å². The molecule has 1 N–H and O–H groups in total. The van der Waals surface area contributed by atoms with E-state index in [0.717, 1.165) is 27.8 Å². The molecule has 0 spiro atoms. The quantitative estimate of drug-likeness (QED) is 0.901. The molecule has 18 heavy (non-hydrogen) atoms. The maximum absolute atomic E-state index is 8.92. The van der Waals surface area contributed by atoms with E-state index in [-0.39, 0.29) is 6.61 Å². The largest absolute Gasteiger partial charge is 0.496 e. The highest BCUT2D eigenvalue weighted by atomic mass is 32.1. The fraction of sp³-hybridized carbons (Fsp3) is 0.308. The summed E-state index contributed by atoms with van der Waals surface area (Å²) < 4.78 is 10.7. The second-order valence-electron chi connectivity index (χ2n) is 3.66. The molecule has 5 heteroatoms. The molecule has 1 aromatic carbocycles. The number of thiazole rings is 1. The molecule has 0 saturated carbocycles. The van der Waals surface area contributed by atoms with Gasteiger partial charge in [-0.3, -0.25) is 0 Å². The number of methoxy groups -OCH3 is 2. The SMILES string of the molecule is COc1cccc(OC)c1-c1nc(CCO)cs1. The van der Waals surface area contributed by atoms with Gasteiger partial charge in [-0.1, -0.05) is 6.07 Å². The van der Waals surface area contributed by atoms with Crippen LogP contribution >= 0.6 is 11.3 Å². The molecule has 0 unspecified atom stereocenters. The summed E-state index contributed by atoms with van der Waals surface area (Å²) in [6.07, 6.45) is 0.563. The van der Waals surface area contributed by atoms with Gasteiger partial charge in [0.2, 0.25) is 0 Å². The Bertz CT molecular complexity index is 502. The maximum atomic E-state index is 8.92. The molecule has 0 aliphatic carbocycles. The number of nitrogens with zero attached hydrogens (tertiary/aromatic N) is 1. The summed E-state index contributed by atoms with van der Waals surface area (Å²) in [7, 11) is 3.25. The molecule has 0 bridgehead atoms. The molecular formula is C13H15NO3S. The van der Waals surface area contributed by atoms with Gasteiger partial charge in [0.25, 0.3) is 0 Å². The Morgan fingerprint density at radius 3 is 2.44 bits per heavy atom. The third-order valence-corrected chi connectivity index (χ3v) is 3.47. The van der Waals surface area contributed by atoms with Gasteiger partial charge in [0.1, 0.15) is 16.5 Å². The van der Waals surface area contributed by atoms with Crippen molar-refractivity contribution in [2.75, 3.05) is 20.8 Å². The van der Waals surface area contributed by atoms with Gasteiger partial charge in [-0.2, -0.15) is 0 Å².